The van der Waals surface area contributed by atoms with Gasteiger partial charge in [0.1, 0.15) is 5.92 Å². The second-order valence-electron chi connectivity index (χ2n) is 7.69. The smallest absolute Gasteiger partial charge is 0.315 e. The number of hydrogen-bond donors (Lipinski definition) is 0. The second-order valence-corrected chi connectivity index (χ2v) is 8.54. The number of allylic oxidation sites excluding steroid dienone is 2. The molecule has 0 amide bonds. The molecule has 4 nitrogen and oxygen atoms in total. The summed E-state index contributed by atoms with van der Waals surface area (Å²) in [6.07, 6.45) is 0.926. The fourth-order valence-electron chi connectivity index (χ4n) is 4.55. The maximum absolute atomic E-state index is 13.4. The minimum Gasteiger partial charge on any atom is -0.468 e. The number of esters is 1. The van der Waals surface area contributed by atoms with Crippen molar-refractivity contribution < 1.29 is 14.3 Å². The molecule has 2 aliphatic rings. The number of aliphatic imine (C=N–C) groups is 1. The van der Waals surface area contributed by atoms with Gasteiger partial charge in [0.25, 0.3) is 0 Å². The van der Waals surface area contributed by atoms with Crippen molar-refractivity contribution in [3.8, 4) is 0 Å². The SMILES string of the molecule is COC(=O)C1C(C)=NC2=C(C(=O)C[C@@H](c3ccccc3Cl)C2)[C@H]1c1ccc(Cl)cc1. The molecule has 0 radical (unpaired) electrons. The predicted octanol–water partition coefficient (Wildman–Crippen LogP) is 5.74. The summed E-state index contributed by atoms with van der Waals surface area (Å²) in [6.45, 7) is 1.82. The number of rotatable bonds is 3. The van der Waals surface area contributed by atoms with Gasteiger partial charge in [0.15, 0.2) is 5.78 Å². The van der Waals surface area contributed by atoms with Gasteiger partial charge in [-0.05, 0) is 48.6 Å². The van der Waals surface area contributed by atoms with Crippen LogP contribution in [0.4, 0.5) is 0 Å². The highest BCUT2D eigenvalue weighted by Crippen LogP contribution is 2.47. The first-order chi connectivity index (χ1) is 14.4. The van der Waals surface area contributed by atoms with E-state index < -0.39 is 17.8 Å². The Hall–Kier alpha value is -2.43. The molecule has 2 aromatic carbocycles. The molecule has 154 valence electrons. The van der Waals surface area contributed by atoms with Crippen LogP contribution in [0.15, 0.2) is 64.8 Å². The lowest BCUT2D eigenvalue weighted by molar-refractivity contribution is -0.143. The molecule has 0 spiro atoms. The van der Waals surface area contributed by atoms with Gasteiger partial charge in [0.05, 0.1) is 7.11 Å². The Morgan fingerprint density at radius 1 is 1.07 bits per heavy atom. The number of nitrogens with zero attached hydrogens (tertiary/aromatic N) is 1. The molecule has 30 heavy (non-hydrogen) atoms. The molecule has 1 aliphatic carbocycles. The van der Waals surface area contributed by atoms with E-state index in [2.05, 4.69) is 0 Å². The van der Waals surface area contributed by atoms with E-state index in [1.807, 2.05) is 43.3 Å². The molecule has 4 rings (SSSR count). The standard InChI is InChI=1S/C24H21Cl2NO3/c1-13-21(24(29)30-2)22(14-7-9-16(25)10-8-14)23-19(27-13)11-15(12-20(23)28)17-5-3-4-6-18(17)26/h3-10,15,21-22H,11-12H2,1-2H3/t15-,21?,22-/m0/s1. The molecule has 0 bridgehead atoms. The number of carbonyl (C=O) groups excluding carboxylic acids is 2. The molecule has 6 heteroatoms. The molecule has 2 aromatic rings. The highest BCUT2D eigenvalue weighted by atomic mass is 35.5. The van der Waals surface area contributed by atoms with Crippen molar-refractivity contribution in [1.82, 2.24) is 0 Å². The van der Waals surface area contributed by atoms with Crippen LogP contribution in [0.3, 0.4) is 0 Å². The van der Waals surface area contributed by atoms with E-state index in [-0.39, 0.29) is 11.7 Å². The summed E-state index contributed by atoms with van der Waals surface area (Å²) in [4.78, 5) is 30.8. The summed E-state index contributed by atoms with van der Waals surface area (Å²) in [5.41, 5.74) is 3.77. The topological polar surface area (TPSA) is 55.7 Å². The number of ketones is 1. The Morgan fingerprint density at radius 2 is 1.77 bits per heavy atom. The average Bonchev–Trinajstić information content (AvgIpc) is 2.73. The number of halogens is 2. The molecule has 1 unspecified atom stereocenters. The third-order valence-electron chi connectivity index (χ3n) is 5.92. The Kier molecular flexibility index (Phi) is 5.81. The van der Waals surface area contributed by atoms with Crippen molar-refractivity contribution in [3.05, 3.63) is 81.0 Å². The summed E-state index contributed by atoms with van der Waals surface area (Å²) in [5.74, 6) is -1.53. The van der Waals surface area contributed by atoms with Crippen molar-refractivity contribution in [1.29, 1.82) is 0 Å². The molecule has 0 saturated heterocycles. The Bertz CT molecular complexity index is 1070. The number of benzene rings is 2. The van der Waals surface area contributed by atoms with Crippen molar-refractivity contribution in [2.45, 2.75) is 31.6 Å². The van der Waals surface area contributed by atoms with Gasteiger partial charge in [0.2, 0.25) is 0 Å². The van der Waals surface area contributed by atoms with Crippen LogP contribution in [-0.2, 0) is 14.3 Å². The fourth-order valence-corrected chi connectivity index (χ4v) is 4.96. The maximum Gasteiger partial charge on any atom is 0.315 e. The van der Waals surface area contributed by atoms with E-state index in [0.717, 1.165) is 16.8 Å². The van der Waals surface area contributed by atoms with Gasteiger partial charge >= 0.3 is 5.97 Å². The van der Waals surface area contributed by atoms with E-state index >= 15 is 0 Å². The van der Waals surface area contributed by atoms with E-state index in [9.17, 15) is 9.59 Å². The minimum atomic E-state index is -0.643. The van der Waals surface area contributed by atoms with Crippen molar-refractivity contribution >= 4 is 40.7 Å². The molecular formula is C24H21Cl2NO3. The van der Waals surface area contributed by atoms with Gasteiger partial charge in [-0.2, -0.15) is 0 Å². The molecule has 1 heterocycles. The van der Waals surface area contributed by atoms with E-state index in [1.165, 1.54) is 7.11 Å². The van der Waals surface area contributed by atoms with Crippen LogP contribution in [0.5, 0.6) is 0 Å². The largest absolute Gasteiger partial charge is 0.468 e. The van der Waals surface area contributed by atoms with Gasteiger partial charge in [-0.25, -0.2) is 0 Å². The summed E-state index contributed by atoms with van der Waals surface area (Å²) >= 11 is 12.5. The lowest BCUT2D eigenvalue weighted by Gasteiger charge is -2.36. The second kappa shape index (κ2) is 8.37. The van der Waals surface area contributed by atoms with E-state index in [1.54, 1.807) is 12.1 Å². The van der Waals surface area contributed by atoms with Crippen LogP contribution in [0.2, 0.25) is 10.0 Å². The average molecular weight is 442 g/mol. The zero-order valence-electron chi connectivity index (χ0n) is 16.7. The van der Waals surface area contributed by atoms with Crippen LogP contribution in [-0.4, -0.2) is 24.6 Å². The first-order valence-electron chi connectivity index (χ1n) is 9.79. The third kappa shape index (κ3) is 3.70. The number of methoxy groups -OCH3 is 1. The first-order valence-corrected chi connectivity index (χ1v) is 10.6. The summed E-state index contributed by atoms with van der Waals surface area (Å²) in [6, 6.07) is 14.9. The summed E-state index contributed by atoms with van der Waals surface area (Å²) in [7, 11) is 1.36. The molecule has 0 fully saturated rings. The summed E-state index contributed by atoms with van der Waals surface area (Å²) < 4.78 is 5.06. The predicted molar refractivity (Wildman–Crippen MR) is 118 cm³/mol. The van der Waals surface area contributed by atoms with Crippen molar-refractivity contribution in [3.63, 3.8) is 0 Å². The van der Waals surface area contributed by atoms with E-state index in [0.29, 0.717) is 34.2 Å². The minimum absolute atomic E-state index is 0.00808. The maximum atomic E-state index is 13.4. The monoisotopic (exact) mass is 441 g/mol. The number of ether oxygens (including phenoxy) is 1. The Balaban J connectivity index is 1.82. The molecule has 3 atom stereocenters. The third-order valence-corrected chi connectivity index (χ3v) is 6.51. The normalized spacial score (nSPS) is 23.7. The quantitative estimate of drug-likeness (QED) is 0.570. The summed E-state index contributed by atoms with van der Waals surface area (Å²) in [5, 5.41) is 1.25. The van der Waals surface area contributed by atoms with Gasteiger partial charge < -0.3 is 4.74 Å². The fraction of sp³-hybridized carbons (Fsp3) is 0.292. The molecule has 1 aliphatic heterocycles. The van der Waals surface area contributed by atoms with Crippen LogP contribution in [0.25, 0.3) is 0 Å². The number of carbonyl (C=O) groups is 2. The molecule has 0 N–H and O–H groups in total. The van der Waals surface area contributed by atoms with Crippen LogP contribution < -0.4 is 0 Å². The van der Waals surface area contributed by atoms with Crippen LogP contribution >= 0.6 is 23.2 Å². The zero-order valence-corrected chi connectivity index (χ0v) is 18.2. The molecule has 0 aromatic heterocycles. The molecular weight excluding hydrogens is 421 g/mol. The van der Waals surface area contributed by atoms with Crippen LogP contribution in [0.1, 0.15) is 42.7 Å². The number of hydrogen-bond acceptors (Lipinski definition) is 4. The first kappa shape index (κ1) is 20.8. The van der Waals surface area contributed by atoms with Crippen molar-refractivity contribution in [2.24, 2.45) is 10.9 Å². The van der Waals surface area contributed by atoms with E-state index in [4.69, 9.17) is 32.9 Å². The van der Waals surface area contributed by atoms with Gasteiger partial charge in [0, 0.05) is 39.4 Å². The Labute approximate surface area is 185 Å². The highest BCUT2D eigenvalue weighted by Gasteiger charge is 2.44. The lowest BCUT2D eigenvalue weighted by Crippen LogP contribution is -2.37. The van der Waals surface area contributed by atoms with Crippen molar-refractivity contribution in [2.75, 3.05) is 7.11 Å². The van der Waals surface area contributed by atoms with Gasteiger partial charge in [-0.3, -0.25) is 14.6 Å². The van der Waals surface area contributed by atoms with Gasteiger partial charge in [-0.15, -0.1) is 0 Å². The highest BCUT2D eigenvalue weighted by molar-refractivity contribution is 6.31. The lowest BCUT2D eigenvalue weighted by atomic mass is 9.69. The number of Topliss-reactive ketones (excluding diaryl/α,β-unsaturated/α-hetero) is 1. The van der Waals surface area contributed by atoms with Gasteiger partial charge in [-0.1, -0.05) is 53.5 Å². The van der Waals surface area contributed by atoms with Crippen LogP contribution in [0, 0.1) is 5.92 Å². The Morgan fingerprint density at radius 3 is 2.43 bits per heavy atom. The zero-order chi connectivity index (χ0) is 21.4. The molecule has 0 saturated carbocycles.